The lowest BCUT2D eigenvalue weighted by atomic mass is 9.95. The van der Waals surface area contributed by atoms with Crippen molar-refractivity contribution in [3.63, 3.8) is 0 Å². The molecule has 1 amide bonds. The molecule has 1 saturated carbocycles. The van der Waals surface area contributed by atoms with Gasteiger partial charge < -0.3 is 10.2 Å². The van der Waals surface area contributed by atoms with Gasteiger partial charge in [-0.3, -0.25) is 9.48 Å². The lowest BCUT2D eigenvalue weighted by Gasteiger charge is -2.25. The van der Waals surface area contributed by atoms with Crippen LogP contribution in [0.4, 0.5) is 11.4 Å². The molecular weight excluding hydrogens is 288 g/mol. The van der Waals surface area contributed by atoms with Crippen LogP contribution in [-0.2, 0) is 7.05 Å². The van der Waals surface area contributed by atoms with E-state index >= 15 is 0 Å². The van der Waals surface area contributed by atoms with E-state index in [1.165, 1.54) is 32.1 Å². The molecule has 2 aromatic rings. The molecule has 122 valence electrons. The summed E-state index contributed by atoms with van der Waals surface area (Å²) in [4.78, 5) is 14.5. The van der Waals surface area contributed by atoms with Gasteiger partial charge in [0.05, 0.1) is 17.4 Å². The van der Waals surface area contributed by atoms with Gasteiger partial charge in [-0.1, -0.05) is 31.4 Å². The molecule has 0 atom stereocenters. The average Bonchev–Trinajstić information content (AvgIpc) is 3.01. The number of nitrogens with one attached hydrogen (secondary N) is 1. The molecule has 0 aliphatic heterocycles. The van der Waals surface area contributed by atoms with Gasteiger partial charge in [0.25, 0.3) is 5.91 Å². The molecule has 0 unspecified atom stereocenters. The van der Waals surface area contributed by atoms with Crippen LogP contribution in [-0.4, -0.2) is 28.8 Å². The first-order valence-electron chi connectivity index (χ1n) is 8.27. The Labute approximate surface area is 137 Å². The summed E-state index contributed by atoms with van der Waals surface area (Å²) in [6.45, 7) is 0. The first-order valence-corrected chi connectivity index (χ1v) is 8.27. The minimum Gasteiger partial charge on any atom is -0.382 e. The molecular formula is C18H24N4O. The fourth-order valence-corrected chi connectivity index (χ4v) is 3.14. The molecule has 5 nitrogen and oxygen atoms in total. The second kappa shape index (κ2) is 6.86. The van der Waals surface area contributed by atoms with E-state index in [-0.39, 0.29) is 5.91 Å². The quantitative estimate of drug-likeness (QED) is 0.941. The van der Waals surface area contributed by atoms with Crippen LogP contribution in [0.15, 0.2) is 36.7 Å². The normalized spacial score (nSPS) is 15.4. The van der Waals surface area contributed by atoms with E-state index in [1.54, 1.807) is 22.8 Å². The number of nitrogens with zero attached hydrogens (tertiary/aromatic N) is 3. The van der Waals surface area contributed by atoms with Crippen molar-refractivity contribution < 1.29 is 4.79 Å². The zero-order valence-electron chi connectivity index (χ0n) is 13.8. The fourth-order valence-electron chi connectivity index (χ4n) is 3.14. The van der Waals surface area contributed by atoms with Crippen molar-refractivity contribution in [2.75, 3.05) is 17.3 Å². The number of amides is 1. The second-order valence-corrected chi connectivity index (χ2v) is 6.26. The van der Waals surface area contributed by atoms with Gasteiger partial charge in [-0.25, -0.2) is 0 Å². The number of aromatic nitrogens is 2. The van der Waals surface area contributed by atoms with Crippen LogP contribution in [0.25, 0.3) is 0 Å². The molecule has 1 fully saturated rings. The molecule has 0 bridgehead atoms. The van der Waals surface area contributed by atoms with Crippen molar-refractivity contribution in [2.24, 2.45) is 7.05 Å². The van der Waals surface area contributed by atoms with Crippen molar-refractivity contribution >= 4 is 17.3 Å². The molecule has 1 aliphatic carbocycles. The summed E-state index contributed by atoms with van der Waals surface area (Å²) in [5, 5.41) is 7.71. The SMILES string of the molecule is CN(C(=O)c1ccccc1NC1CCCCC1)c1cnn(C)c1. The van der Waals surface area contributed by atoms with Crippen molar-refractivity contribution in [3.05, 3.63) is 42.2 Å². The Balaban J connectivity index is 1.79. The molecule has 3 rings (SSSR count). The predicted octanol–water partition coefficient (Wildman–Crippen LogP) is 3.44. The summed E-state index contributed by atoms with van der Waals surface area (Å²) in [6.07, 6.45) is 9.77. The third kappa shape index (κ3) is 3.55. The number of aryl methyl sites for hydroxylation is 1. The minimum absolute atomic E-state index is 0.0168. The molecule has 0 radical (unpaired) electrons. The Morgan fingerprint density at radius 3 is 2.70 bits per heavy atom. The maximum Gasteiger partial charge on any atom is 0.260 e. The van der Waals surface area contributed by atoms with Crippen molar-refractivity contribution in [1.29, 1.82) is 0 Å². The highest BCUT2D eigenvalue weighted by atomic mass is 16.2. The van der Waals surface area contributed by atoms with Gasteiger partial charge in [0.1, 0.15) is 0 Å². The van der Waals surface area contributed by atoms with E-state index in [1.807, 2.05) is 37.5 Å². The number of carbonyl (C=O) groups is 1. The first-order chi connectivity index (χ1) is 11.1. The second-order valence-electron chi connectivity index (χ2n) is 6.26. The van der Waals surface area contributed by atoms with Gasteiger partial charge in [0.2, 0.25) is 0 Å². The lowest BCUT2D eigenvalue weighted by molar-refractivity contribution is 0.0993. The van der Waals surface area contributed by atoms with Gasteiger partial charge in [0.15, 0.2) is 0 Å². The van der Waals surface area contributed by atoms with E-state index in [9.17, 15) is 4.79 Å². The van der Waals surface area contributed by atoms with Gasteiger partial charge in [-0.2, -0.15) is 5.10 Å². The van der Waals surface area contributed by atoms with Crippen LogP contribution >= 0.6 is 0 Å². The van der Waals surface area contributed by atoms with Gasteiger partial charge in [0, 0.05) is 32.0 Å². The van der Waals surface area contributed by atoms with Crippen LogP contribution in [0.3, 0.4) is 0 Å². The largest absolute Gasteiger partial charge is 0.382 e. The Bertz CT molecular complexity index is 673. The third-order valence-electron chi connectivity index (χ3n) is 4.51. The molecule has 5 heteroatoms. The van der Waals surface area contributed by atoms with E-state index < -0.39 is 0 Å². The summed E-state index contributed by atoms with van der Waals surface area (Å²) >= 11 is 0. The molecule has 1 heterocycles. The Morgan fingerprint density at radius 2 is 2.00 bits per heavy atom. The molecule has 1 aromatic heterocycles. The summed E-state index contributed by atoms with van der Waals surface area (Å²) < 4.78 is 1.70. The topological polar surface area (TPSA) is 50.2 Å². The van der Waals surface area contributed by atoms with Crippen molar-refractivity contribution in [3.8, 4) is 0 Å². The number of hydrogen-bond donors (Lipinski definition) is 1. The number of benzene rings is 1. The van der Waals surface area contributed by atoms with E-state index in [2.05, 4.69) is 10.4 Å². The van der Waals surface area contributed by atoms with Gasteiger partial charge >= 0.3 is 0 Å². The maximum atomic E-state index is 12.9. The van der Waals surface area contributed by atoms with Crippen LogP contribution in [0.1, 0.15) is 42.5 Å². The smallest absolute Gasteiger partial charge is 0.260 e. The summed E-state index contributed by atoms with van der Waals surface area (Å²) in [6, 6.07) is 8.25. The molecule has 0 saturated heterocycles. The number of para-hydroxylation sites is 1. The van der Waals surface area contributed by atoms with Gasteiger partial charge in [-0.05, 0) is 25.0 Å². The molecule has 23 heavy (non-hydrogen) atoms. The zero-order valence-corrected chi connectivity index (χ0v) is 13.8. The van der Waals surface area contributed by atoms with E-state index in [4.69, 9.17) is 0 Å². The van der Waals surface area contributed by atoms with Crippen molar-refractivity contribution in [2.45, 2.75) is 38.1 Å². The fraction of sp³-hybridized carbons (Fsp3) is 0.444. The Kier molecular flexibility index (Phi) is 4.65. The maximum absolute atomic E-state index is 12.9. The van der Waals surface area contributed by atoms with E-state index in [0.29, 0.717) is 11.6 Å². The monoisotopic (exact) mass is 312 g/mol. The first kappa shape index (κ1) is 15.6. The van der Waals surface area contributed by atoms with Crippen LogP contribution < -0.4 is 10.2 Å². The molecule has 1 aromatic carbocycles. The minimum atomic E-state index is -0.0168. The number of rotatable bonds is 4. The average molecular weight is 312 g/mol. The molecule has 0 spiro atoms. The van der Waals surface area contributed by atoms with Crippen LogP contribution in [0, 0.1) is 0 Å². The highest BCUT2D eigenvalue weighted by Gasteiger charge is 2.20. The number of hydrogen-bond acceptors (Lipinski definition) is 3. The van der Waals surface area contributed by atoms with Crippen molar-refractivity contribution in [1.82, 2.24) is 9.78 Å². The summed E-state index contributed by atoms with van der Waals surface area (Å²) in [5.41, 5.74) is 2.44. The predicted molar refractivity (Wildman–Crippen MR) is 92.9 cm³/mol. The third-order valence-corrected chi connectivity index (χ3v) is 4.51. The zero-order chi connectivity index (χ0) is 16.2. The Hall–Kier alpha value is -2.30. The van der Waals surface area contributed by atoms with Gasteiger partial charge in [-0.15, -0.1) is 0 Å². The van der Waals surface area contributed by atoms with Crippen LogP contribution in [0.5, 0.6) is 0 Å². The molecule has 1 aliphatic rings. The summed E-state index contributed by atoms with van der Waals surface area (Å²) in [5.74, 6) is -0.0168. The highest BCUT2D eigenvalue weighted by molar-refractivity contribution is 6.09. The van der Waals surface area contributed by atoms with E-state index in [0.717, 1.165) is 11.4 Å². The number of anilines is 2. The highest BCUT2D eigenvalue weighted by Crippen LogP contribution is 2.25. The standard InChI is InChI=1S/C18H24N4O/c1-21-13-15(12-19-21)22(2)18(23)16-10-6-7-11-17(16)20-14-8-4-3-5-9-14/h6-7,10-14,20H,3-5,8-9H2,1-2H3. The summed E-state index contributed by atoms with van der Waals surface area (Å²) in [7, 11) is 3.64. The number of carbonyl (C=O) groups excluding carboxylic acids is 1. The molecule has 1 N–H and O–H groups in total. The van der Waals surface area contributed by atoms with Crippen LogP contribution in [0.2, 0.25) is 0 Å². The lowest BCUT2D eigenvalue weighted by Crippen LogP contribution is -2.29. The Morgan fingerprint density at radius 1 is 1.26 bits per heavy atom.